The number of ether oxygens (including phenoxy) is 11. The third-order valence-electron chi connectivity index (χ3n) is 11.8. The molecule has 2 heterocycles. The summed E-state index contributed by atoms with van der Waals surface area (Å²) in [7, 11) is 2.16. The highest BCUT2D eigenvalue weighted by molar-refractivity contribution is 7.11. The number of amides is 1. The summed E-state index contributed by atoms with van der Waals surface area (Å²) < 4.78 is 113. The van der Waals surface area contributed by atoms with Crippen LogP contribution in [-0.4, -0.2) is 193 Å². The molecule has 1 amide bonds. The van der Waals surface area contributed by atoms with Crippen molar-refractivity contribution in [1.29, 1.82) is 0 Å². The van der Waals surface area contributed by atoms with Crippen LogP contribution in [0.1, 0.15) is 50.3 Å². The molecular weight excluding hydrogens is 961 g/mol. The van der Waals surface area contributed by atoms with E-state index in [0.29, 0.717) is 130 Å². The normalized spacial score (nSPS) is 18.1. The number of rotatable bonds is 41. The number of halogens is 4. The third kappa shape index (κ3) is 20.3. The second-order valence-electron chi connectivity index (χ2n) is 17.8. The van der Waals surface area contributed by atoms with E-state index in [1.807, 2.05) is 17.5 Å². The highest BCUT2D eigenvalue weighted by Crippen LogP contribution is 2.73. The maximum atomic E-state index is 13.7. The minimum absolute atomic E-state index is 0.0195. The van der Waals surface area contributed by atoms with Crippen LogP contribution in [-0.2, 0) is 57.0 Å². The number of aliphatic imine (C=N–C) groups is 1. The first-order chi connectivity index (χ1) is 34.4. The summed E-state index contributed by atoms with van der Waals surface area (Å²) in [6, 6.07) is 1.97. The van der Waals surface area contributed by atoms with Crippen LogP contribution in [0.15, 0.2) is 28.1 Å². The summed E-state index contributed by atoms with van der Waals surface area (Å²) in [5.74, 6) is -8.91. The quantitative estimate of drug-likeness (QED) is 0.0287. The molecule has 4 aliphatic rings. The predicted molar refractivity (Wildman–Crippen MR) is 256 cm³/mol. The average molecular weight is 1030 g/mol. The van der Waals surface area contributed by atoms with E-state index in [1.165, 1.54) is 19.3 Å². The van der Waals surface area contributed by atoms with Gasteiger partial charge in [-0.05, 0) is 61.1 Å². The second-order valence-corrected chi connectivity index (χ2v) is 18.7. The molecule has 400 valence electrons. The molecule has 3 saturated carbocycles. The fraction of sp³-hybridized carbons (Fsp3) is 0.694. The Morgan fingerprint density at radius 2 is 1.08 bits per heavy atom. The van der Waals surface area contributed by atoms with Crippen molar-refractivity contribution in [1.82, 2.24) is 9.80 Å². The molecule has 6 rings (SSSR count). The van der Waals surface area contributed by atoms with Crippen molar-refractivity contribution in [2.45, 2.75) is 45.4 Å². The van der Waals surface area contributed by atoms with Crippen molar-refractivity contribution in [3.8, 4) is 5.75 Å². The fourth-order valence-electron chi connectivity index (χ4n) is 8.86. The Hall–Kier alpha value is -3.65. The lowest BCUT2D eigenvalue weighted by Gasteiger charge is -2.72. The number of carbonyl (C=O) groups excluding carboxylic acids is 2. The van der Waals surface area contributed by atoms with Crippen LogP contribution >= 0.6 is 11.3 Å². The van der Waals surface area contributed by atoms with Crippen molar-refractivity contribution in [3.05, 3.63) is 51.2 Å². The van der Waals surface area contributed by atoms with Gasteiger partial charge in [-0.1, -0.05) is 6.92 Å². The summed E-state index contributed by atoms with van der Waals surface area (Å²) in [6.45, 7) is 13.4. The SMILES string of the molecule is CCCN(CC12CC(CN(C)CCOCCOCCOCCOCCOCCOCCOCCOCCOCCOCCC(=O)Oc3c(F)c(F)cc(F)c3F)(C1)C2)C(=O)C1=Cc2sccc2N=C(N)C1. The Kier molecular flexibility index (Phi) is 26.1. The fourth-order valence-corrected chi connectivity index (χ4v) is 9.65. The molecule has 1 aliphatic heterocycles. The number of thiophene rings is 1. The van der Waals surface area contributed by atoms with Crippen LogP contribution < -0.4 is 10.5 Å². The first kappa shape index (κ1) is 58.2. The minimum Gasteiger partial charge on any atom is -0.420 e. The van der Waals surface area contributed by atoms with Gasteiger partial charge in [-0.2, -0.15) is 8.78 Å². The first-order valence-corrected chi connectivity index (χ1v) is 25.2. The van der Waals surface area contributed by atoms with Crippen LogP contribution in [0, 0.1) is 34.1 Å². The largest absolute Gasteiger partial charge is 0.420 e. The Morgan fingerprint density at radius 3 is 1.55 bits per heavy atom. The Balaban J connectivity index is 0.702. The van der Waals surface area contributed by atoms with Gasteiger partial charge in [0.1, 0.15) is 5.84 Å². The number of benzene rings is 1. The smallest absolute Gasteiger partial charge is 0.313 e. The van der Waals surface area contributed by atoms with Crippen molar-refractivity contribution in [2.75, 3.05) is 165 Å². The lowest BCUT2D eigenvalue weighted by Crippen LogP contribution is -2.69. The van der Waals surface area contributed by atoms with Crippen molar-refractivity contribution in [2.24, 2.45) is 21.6 Å². The molecule has 3 fully saturated rings. The van der Waals surface area contributed by atoms with E-state index in [9.17, 15) is 27.2 Å². The van der Waals surface area contributed by atoms with Crippen LogP contribution in [0.3, 0.4) is 0 Å². The summed E-state index contributed by atoms with van der Waals surface area (Å²) in [4.78, 5) is 35.4. The molecule has 2 N–H and O–H groups in total. The second kappa shape index (κ2) is 31.8. The molecule has 2 aromatic rings. The molecular formula is C49H72F4N4O13S. The Bertz CT molecular complexity index is 1930. The van der Waals surface area contributed by atoms with E-state index in [0.717, 1.165) is 48.7 Å². The summed E-state index contributed by atoms with van der Waals surface area (Å²) >= 11 is 1.59. The summed E-state index contributed by atoms with van der Waals surface area (Å²) in [6.07, 6.45) is 6.40. The van der Waals surface area contributed by atoms with E-state index >= 15 is 0 Å². The van der Waals surface area contributed by atoms with E-state index in [2.05, 4.69) is 33.5 Å². The minimum atomic E-state index is -1.80. The predicted octanol–water partition coefficient (Wildman–Crippen LogP) is 5.58. The van der Waals surface area contributed by atoms with E-state index in [1.54, 1.807) is 11.3 Å². The number of hydrogen-bond acceptors (Lipinski definition) is 17. The van der Waals surface area contributed by atoms with Crippen LogP contribution in [0.4, 0.5) is 23.2 Å². The van der Waals surface area contributed by atoms with Gasteiger partial charge in [0, 0.05) is 44.2 Å². The molecule has 1 aromatic carbocycles. The zero-order valence-electron chi connectivity index (χ0n) is 41.2. The maximum Gasteiger partial charge on any atom is 0.313 e. The number of amidine groups is 1. The molecule has 22 heteroatoms. The Morgan fingerprint density at radius 1 is 0.648 bits per heavy atom. The van der Waals surface area contributed by atoms with Gasteiger partial charge >= 0.3 is 5.97 Å². The van der Waals surface area contributed by atoms with Crippen molar-refractivity contribution in [3.63, 3.8) is 0 Å². The highest BCUT2D eigenvalue weighted by Gasteiger charge is 2.67. The first-order valence-electron chi connectivity index (χ1n) is 24.3. The van der Waals surface area contributed by atoms with Gasteiger partial charge in [-0.15, -0.1) is 11.3 Å². The monoisotopic (exact) mass is 1030 g/mol. The van der Waals surface area contributed by atoms with Crippen molar-refractivity contribution < 1.29 is 79.3 Å². The van der Waals surface area contributed by atoms with Gasteiger partial charge in [0.15, 0.2) is 11.6 Å². The number of nitrogens with two attached hydrogens (primary N) is 1. The summed E-state index contributed by atoms with van der Waals surface area (Å²) in [5.41, 5.74) is 8.36. The lowest BCUT2D eigenvalue weighted by molar-refractivity contribution is -0.220. The molecule has 17 nitrogen and oxygen atoms in total. The number of likely N-dealkylation sites (N-methyl/N-ethyl adjacent to an activating group) is 1. The molecule has 71 heavy (non-hydrogen) atoms. The van der Waals surface area contributed by atoms with Gasteiger partial charge in [0.2, 0.25) is 23.3 Å². The third-order valence-corrected chi connectivity index (χ3v) is 12.6. The lowest BCUT2D eigenvalue weighted by atomic mass is 9.35. The average Bonchev–Trinajstić information content (AvgIpc) is 3.69. The van der Waals surface area contributed by atoms with Gasteiger partial charge in [-0.25, -0.2) is 13.8 Å². The molecule has 1 aromatic heterocycles. The van der Waals surface area contributed by atoms with E-state index < -0.39 is 41.4 Å². The Labute approximate surface area is 418 Å². The van der Waals surface area contributed by atoms with Gasteiger partial charge in [0.05, 0.1) is 149 Å². The molecule has 0 spiro atoms. The van der Waals surface area contributed by atoms with Gasteiger partial charge < -0.3 is 67.6 Å². The number of nitrogens with zero attached hydrogens (tertiary/aromatic N) is 3. The van der Waals surface area contributed by atoms with Crippen molar-refractivity contribution >= 4 is 40.8 Å². The van der Waals surface area contributed by atoms with Crippen LogP contribution in [0.2, 0.25) is 0 Å². The molecule has 0 radical (unpaired) electrons. The zero-order chi connectivity index (χ0) is 50.7. The van der Waals surface area contributed by atoms with Gasteiger partial charge in [0.25, 0.3) is 0 Å². The molecule has 0 atom stereocenters. The molecule has 0 unspecified atom stereocenters. The maximum absolute atomic E-state index is 13.7. The molecule has 2 bridgehead atoms. The zero-order valence-corrected chi connectivity index (χ0v) is 42.0. The van der Waals surface area contributed by atoms with E-state index in [-0.39, 0.29) is 37.2 Å². The number of carbonyl (C=O) groups is 2. The number of hydrogen-bond donors (Lipinski definition) is 1. The molecule has 3 aliphatic carbocycles. The standard InChI is InChI=1S/C49H72F4N4O13S/c1-3-6-57(47(59)37-29-41-40(5-28-71-41)55-42(54)30-37)36-49-32-48(33-49,34-49)35-56(2)7-9-61-11-13-63-15-17-65-19-21-67-23-25-69-27-26-68-24-22-66-20-18-64-16-14-62-12-10-60-8-4-43(58)70-46-44(52)38(50)31-39(51)45(46)53/h5,28-29,31H,3-4,6-27,30,32-36H2,1-2H3,(H2,54,55). The number of esters is 1. The summed E-state index contributed by atoms with van der Waals surface area (Å²) in [5, 5.41) is 1.98. The van der Waals surface area contributed by atoms with Gasteiger partial charge in [-0.3, -0.25) is 9.59 Å². The van der Waals surface area contributed by atoms with Crippen LogP contribution in [0.25, 0.3) is 6.08 Å². The van der Waals surface area contributed by atoms with E-state index in [4.69, 9.17) is 53.1 Å². The number of fused-ring (bicyclic) bond motifs is 1. The molecule has 0 saturated heterocycles. The topological polar surface area (TPSA) is 181 Å². The highest BCUT2D eigenvalue weighted by atomic mass is 32.1. The van der Waals surface area contributed by atoms with Crippen LogP contribution in [0.5, 0.6) is 5.75 Å².